The zero-order valence-electron chi connectivity index (χ0n) is 13.2. The molecule has 24 heavy (non-hydrogen) atoms. The summed E-state index contributed by atoms with van der Waals surface area (Å²) in [7, 11) is -1.99. The molecule has 128 valence electrons. The second-order valence-electron chi connectivity index (χ2n) is 6.40. The van der Waals surface area contributed by atoms with Crippen LogP contribution in [-0.2, 0) is 23.5 Å². The first kappa shape index (κ1) is 15.9. The average molecular weight is 368 g/mol. The first-order valence-corrected chi connectivity index (χ1v) is 9.75. The highest BCUT2D eigenvalue weighted by molar-refractivity contribution is 7.89. The zero-order chi connectivity index (χ0) is 17.1. The van der Waals surface area contributed by atoms with Gasteiger partial charge in [0.2, 0.25) is 15.9 Å². The fourth-order valence-corrected chi connectivity index (χ4v) is 5.88. The number of hydrogen-bond donors (Lipinski definition) is 1. The number of piperidine rings is 1. The summed E-state index contributed by atoms with van der Waals surface area (Å²) < 4.78 is 29.4. The number of aryl methyl sites for hydroxylation is 1. The van der Waals surface area contributed by atoms with Gasteiger partial charge in [-0.15, -0.1) is 0 Å². The fourth-order valence-electron chi connectivity index (χ4n) is 3.91. The lowest BCUT2D eigenvalue weighted by Gasteiger charge is -2.44. The summed E-state index contributed by atoms with van der Waals surface area (Å²) >= 11 is 5.88. The molecule has 1 fully saturated rings. The summed E-state index contributed by atoms with van der Waals surface area (Å²) in [6.45, 7) is 0. The highest BCUT2D eigenvalue weighted by Crippen LogP contribution is 2.47. The summed E-state index contributed by atoms with van der Waals surface area (Å²) in [6.07, 6.45) is 2.97. The Bertz CT molecular complexity index is 892. The average Bonchev–Trinajstić information content (AvgIpc) is 2.81. The van der Waals surface area contributed by atoms with Crippen LogP contribution >= 0.6 is 11.6 Å². The van der Waals surface area contributed by atoms with Gasteiger partial charge in [0.15, 0.2) is 0 Å². The third-order valence-electron chi connectivity index (χ3n) is 4.96. The van der Waals surface area contributed by atoms with E-state index in [1.54, 1.807) is 23.5 Å². The van der Waals surface area contributed by atoms with Gasteiger partial charge in [-0.1, -0.05) is 11.6 Å². The molecule has 2 unspecified atom stereocenters. The van der Waals surface area contributed by atoms with Crippen LogP contribution in [0.3, 0.4) is 0 Å². The Hall–Kier alpha value is -1.57. The van der Waals surface area contributed by atoms with Crippen LogP contribution in [0.15, 0.2) is 29.2 Å². The summed E-state index contributed by atoms with van der Waals surface area (Å²) in [4.78, 5) is 0.232. The van der Waals surface area contributed by atoms with Crippen LogP contribution in [-0.4, -0.2) is 33.7 Å². The van der Waals surface area contributed by atoms with E-state index < -0.39 is 10.0 Å². The van der Waals surface area contributed by atoms with Gasteiger partial charge in [-0.3, -0.25) is 0 Å². The summed E-state index contributed by atoms with van der Waals surface area (Å²) in [6, 6.07) is 5.76. The molecule has 0 aliphatic carbocycles. The number of sulfonamides is 1. The number of nitrogens with zero attached hydrogens (tertiary/aromatic N) is 3. The zero-order valence-corrected chi connectivity index (χ0v) is 14.8. The topological polar surface area (TPSA) is 75.4 Å². The van der Waals surface area contributed by atoms with Gasteiger partial charge in [0.05, 0.1) is 22.2 Å². The molecule has 6 nitrogen and oxygen atoms in total. The van der Waals surface area contributed by atoms with Gasteiger partial charge in [0, 0.05) is 24.5 Å². The van der Waals surface area contributed by atoms with E-state index in [0.717, 1.165) is 18.5 Å². The van der Waals surface area contributed by atoms with Crippen LogP contribution in [0.25, 0.3) is 0 Å². The molecular weight excluding hydrogens is 350 g/mol. The van der Waals surface area contributed by atoms with E-state index in [2.05, 4.69) is 5.10 Å². The fraction of sp³-hybridized carbons (Fsp3) is 0.438. The molecule has 0 saturated carbocycles. The van der Waals surface area contributed by atoms with Gasteiger partial charge < -0.3 is 5.11 Å². The Balaban J connectivity index is 1.83. The van der Waals surface area contributed by atoms with E-state index in [1.807, 2.05) is 0 Å². The third-order valence-corrected chi connectivity index (χ3v) is 7.19. The van der Waals surface area contributed by atoms with Crippen molar-refractivity contribution in [2.24, 2.45) is 7.05 Å². The Morgan fingerprint density at radius 1 is 1.25 bits per heavy atom. The van der Waals surface area contributed by atoms with Crippen molar-refractivity contribution in [3.05, 3.63) is 40.5 Å². The number of benzene rings is 1. The van der Waals surface area contributed by atoms with Crippen LogP contribution in [0, 0.1) is 0 Å². The first-order chi connectivity index (χ1) is 11.4. The second-order valence-corrected chi connectivity index (χ2v) is 8.68. The van der Waals surface area contributed by atoms with Gasteiger partial charge in [-0.05, 0) is 43.5 Å². The molecule has 2 bridgehead atoms. The van der Waals surface area contributed by atoms with E-state index in [1.165, 1.54) is 16.8 Å². The van der Waals surface area contributed by atoms with E-state index in [4.69, 9.17) is 11.6 Å². The van der Waals surface area contributed by atoms with Crippen molar-refractivity contribution in [1.29, 1.82) is 0 Å². The lowest BCUT2D eigenvalue weighted by molar-refractivity contribution is 0.160. The molecule has 1 aromatic heterocycles. The SMILES string of the molecule is Cn1nc2c(c1O)C1CCCC(C2)N1S(=O)(=O)c1ccc(Cl)cc1. The first-order valence-electron chi connectivity index (χ1n) is 7.93. The van der Waals surface area contributed by atoms with E-state index in [0.29, 0.717) is 23.4 Å². The number of aromatic hydroxyl groups is 1. The molecule has 8 heteroatoms. The molecule has 2 aliphatic rings. The molecule has 3 heterocycles. The molecule has 2 atom stereocenters. The third kappa shape index (κ3) is 2.26. The van der Waals surface area contributed by atoms with Crippen molar-refractivity contribution in [2.75, 3.05) is 0 Å². The lowest BCUT2D eigenvalue weighted by atomic mass is 9.85. The number of aromatic nitrogens is 2. The molecule has 4 rings (SSSR count). The Morgan fingerprint density at radius 2 is 1.96 bits per heavy atom. The maximum absolute atomic E-state index is 13.2. The standard InChI is InChI=1S/C16H18ClN3O3S/c1-19-16(21)15-13(18-19)9-11-3-2-4-14(15)20(11)24(22,23)12-7-5-10(17)6-8-12/h5-8,11,14,21H,2-4,9H2,1H3. The molecule has 1 aromatic carbocycles. The summed E-state index contributed by atoms with van der Waals surface area (Å²) in [5, 5.41) is 15.2. The second kappa shape index (κ2) is 5.47. The van der Waals surface area contributed by atoms with Crippen molar-refractivity contribution in [3.63, 3.8) is 0 Å². The van der Waals surface area contributed by atoms with E-state index >= 15 is 0 Å². The van der Waals surface area contributed by atoms with Crippen molar-refractivity contribution >= 4 is 21.6 Å². The van der Waals surface area contributed by atoms with Gasteiger partial charge >= 0.3 is 0 Å². The molecule has 0 radical (unpaired) electrons. The largest absolute Gasteiger partial charge is 0.493 e. The van der Waals surface area contributed by atoms with E-state index in [-0.39, 0.29) is 22.9 Å². The van der Waals surface area contributed by atoms with E-state index in [9.17, 15) is 13.5 Å². The Labute approximate surface area is 145 Å². The number of rotatable bonds is 2. The maximum atomic E-state index is 13.2. The van der Waals surface area contributed by atoms with Crippen molar-refractivity contribution < 1.29 is 13.5 Å². The monoisotopic (exact) mass is 367 g/mol. The van der Waals surface area contributed by atoms with Crippen LogP contribution in [0.4, 0.5) is 0 Å². The van der Waals surface area contributed by atoms with Crippen LogP contribution in [0.5, 0.6) is 5.88 Å². The number of hydrogen-bond acceptors (Lipinski definition) is 4. The van der Waals surface area contributed by atoms with Gasteiger partial charge in [-0.2, -0.15) is 9.40 Å². The highest BCUT2D eigenvalue weighted by atomic mass is 35.5. The Kier molecular flexibility index (Phi) is 3.63. The van der Waals surface area contributed by atoms with Crippen LogP contribution < -0.4 is 0 Å². The van der Waals surface area contributed by atoms with Gasteiger partial charge in [-0.25, -0.2) is 13.1 Å². The highest BCUT2D eigenvalue weighted by Gasteiger charge is 2.47. The van der Waals surface area contributed by atoms with Gasteiger partial charge in [0.1, 0.15) is 0 Å². The smallest absolute Gasteiger partial charge is 0.243 e. The minimum atomic E-state index is -3.66. The summed E-state index contributed by atoms with van der Waals surface area (Å²) in [5.74, 6) is 0.0617. The molecule has 2 aliphatic heterocycles. The van der Waals surface area contributed by atoms with Crippen molar-refractivity contribution in [3.8, 4) is 5.88 Å². The van der Waals surface area contributed by atoms with Gasteiger partial charge in [0.25, 0.3) is 0 Å². The predicted octanol–water partition coefficient (Wildman–Crippen LogP) is 2.62. The minimum Gasteiger partial charge on any atom is -0.493 e. The molecule has 2 aromatic rings. The predicted molar refractivity (Wildman–Crippen MR) is 89.4 cm³/mol. The lowest BCUT2D eigenvalue weighted by Crippen LogP contribution is -2.49. The van der Waals surface area contributed by atoms with Crippen LogP contribution in [0.1, 0.15) is 36.6 Å². The van der Waals surface area contributed by atoms with Crippen molar-refractivity contribution in [2.45, 2.75) is 42.7 Å². The minimum absolute atomic E-state index is 0.0617. The quantitative estimate of drug-likeness (QED) is 0.885. The normalized spacial score (nSPS) is 23.9. The molecule has 0 amide bonds. The Morgan fingerprint density at radius 3 is 2.67 bits per heavy atom. The molecule has 1 saturated heterocycles. The molecule has 0 spiro atoms. The molecule has 1 N–H and O–H groups in total. The molecular formula is C16H18ClN3O3S. The van der Waals surface area contributed by atoms with Crippen LogP contribution in [0.2, 0.25) is 5.02 Å². The summed E-state index contributed by atoms with van der Waals surface area (Å²) in [5.41, 5.74) is 1.47. The maximum Gasteiger partial charge on any atom is 0.243 e. The number of halogens is 1. The number of fused-ring (bicyclic) bond motifs is 4. The van der Waals surface area contributed by atoms with Crippen molar-refractivity contribution in [1.82, 2.24) is 14.1 Å².